The molecule has 312 valence electrons. The second kappa shape index (κ2) is 15.6. The molecule has 2 fully saturated rings. The number of benzene rings is 2. The van der Waals surface area contributed by atoms with E-state index in [1.807, 2.05) is 0 Å². The summed E-state index contributed by atoms with van der Waals surface area (Å²) in [6.07, 6.45) is -5.90. The lowest BCUT2D eigenvalue weighted by Gasteiger charge is -2.48. The van der Waals surface area contributed by atoms with Gasteiger partial charge in [0.2, 0.25) is 5.78 Å². The first kappa shape index (κ1) is 41.2. The highest BCUT2D eigenvalue weighted by Gasteiger charge is 2.51. The van der Waals surface area contributed by atoms with Gasteiger partial charge in [0, 0.05) is 55.1 Å². The van der Waals surface area contributed by atoms with E-state index < -0.39 is 119 Å². The van der Waals surface area contributed by atoms with Gasteiger partial charge in [0.05, 0.1) is 61.8 Å². The summed E-state index contributed by atoms with van der Waals surface area (Å²) in [5.41, 5.74) is -3.96. The summed E-state index contributed by atoms with van der Waals surface area (Å²) in [6.45, 7) is 0.0970. The van der Waals surface area contributed by atoms with Crippen molar-refractivity contribution in [1.82, 2.24) is 19.4 Å². The smallest absolute Gasteiger partial charge is 0.434 e. The minimum absolute atomic E-state index is 0.0411. The van der Waals surface area contributed by atoms with Gasteiger partial charge in [0.15, 0.2) is 30.2 Å². The van der Waals surface area contributed by atoms with E-state index >= 15 is 0 Å². The Labute approximate surface area is 334 Å². The monoisotopic (exact) mass is 820 g/mol. The van der Waals surface area contributed by atoms with Gasteiger partial charge >= 0.3 is 12.0 Å². The Kier molecular flexibility index (Phi) is 10.9. The van der Waals surface area contributed by atoms with Gasteiger partial charge in [0.25, 0.3) is 0 Å². The highest BCUT2D eigenvalue weighted by atomic mass is 16.7. The van der Waals surface area contributed by atoms with E-state index in [2.05, 4.69) is 11.1 Å². The van der Waals surface area contributed by atoms with Crippen LogP contribution >= 0.6 is 0 Å². The average Bonchev–Trinajstić information content (AvgIpc) is 3.60. The molecule has 3 aromatic rings. The number of amides is 1. The molecule has 7 atom stereocenters. The van der Waals surface area contributed by atoms with Crippen LogP contribution < -0.4 is 4.74 Å². The van der Waals surface area contributed by atoms with Gasteiger partial charge < -0.3 is 59.5 Å². The van der Waals surface area contributed by atoms with Gasteiger partial charge in [-0.15, -0.1) is 0 Å². The van der Waals surface area contributed by atoms with Crippen LogP contribution in [0.5, 0.6) is 17.2 Å². The maximum Gasteiger partial charge on any atom is 0.434 e. The first-order valence-electron chi connectivity index (χ1n) is 18.5. The molecular formula is C38H40N6O15. The number of piperazine rings is 1. The van der Waals surface area contributed by atoms with E-state index in [1.165, 1.54) is 48.0 Å². The number of hydrogen-bond donors (Lipinski definition) is 5. The van der Waals surface area contributed by atoms with Crippen LogP contribution in [0.3, 0.4) is 0 Å². The Bertz CT molecular complexity index is 2310. The third-order valence-electron chi connectivity index (χ3n) is 11.6. The molecule has 2 saturated heterocycles. The van der Waals surface area contributed by atoms with Gasteiger partial charge in [0.1, 0.15) is 41.7 Å². The summed E-state index contributed by atoms with van der Waals surface area (Å²) >= 11 is 0. The number of aromatic hydroxyl groups is 2. The number of nitrogens with zero attached hydrogens (tertiary/aromatic N) is 6. The van der Waals surface area contributed by atoms with E-state index in [0.29, 0.717) is 0 Å². The van der Waals surface area contributed by atoms with Crippen LogP contribution in [0.2, 0.25) is 0 Å². The zero-order chi connectivity index (χ0) is 42.7. The number of carbonyl (C=O) groups is 4. The number of phenolic OH excluding ortho intramolecular Hbond substituents is 2. The number of fused-ring (bicyclic) bond motifs is 3. The number of nitriles is 1. The van der Waals surface area contributed by atoms with Crippen molar-refractivity contribution in [2.24, 2.45) is 7.05 Å². The van der Waals surface area contributed by atoms with E-state index in [4.69, 9.17) is 18.9 Å². The number of aliphatic hydroxyl groups excluding tert-OH is 2. The standard InChI is InChI=1S/C38H40N6O15/c1-17-31(47)22(43-8-7-42(14-18(43)12-39)37(52)57-16-19-13-40-36(41(19)2)44(54)55)9-26(58-17)59-24-11-38(53,25(46)15-45)10-21-28(24)35(51)30-29(33(21)49)32(48)20-5-4-6-23(56-3)27(20)34(30)50/h4-6,13,17-18,22,24,26,31,45,47,49,51,53H,7-11,14-16H2,1-3H3/t17-,18?,22?,24-,26-,31+,38-/m0/s1. The number of ether oxygens (including phenoxy) is 4. The molecule has 1 aromatic heterocycles. The van der Waals surface area contributed by atoms with Crippen molar-refractivity contribution in [2.45, 2.75) is 75.1 Å². The molecule has 0 bridgehead atoms. The molecule has 2 aliphatic heterocycles. The molecule has 0 spiro atoms. The number of imidazole rings is 1. The molecule has 5 N–H and O–H groups in total. The Morgan fingerprint density at radius 3 is 2.54 bits per heavy atom. The zero-order valence-corrected chi connectivity index (χ0v) is 31.9. The van der Waals surface area contributed by atoms with Crippen LogP contribution in [-0.2, 0) is 39.1 Å². The molecule has 1 amide bonds. The Morgan fingerprint density at radius 1 is 1.15 bits per heavy atom. The predicted octanol–water partition coefficient (Wildman–Crippen LogP) is 0.531. The fourth-order valence-corrected chi connectivity index (χ4v) is 8.46. The molecule has 59 heavy (non-hydrogen) atoms. The number of phenols is 2. The SMILES string of the molecule is COc1cccc2c1C(=O)c1c(O)c3c(c(O)c1C2=O)C[C@@](O)(C(=O)CO)C[C@@H]3O[C@H]1CC(N2CCN(C(=O)OCc3cnc([N+](=O)[O-])n3C)CC2C#N)[C@H](O)[C@H](C)O1. The van der Waals surface area contributed by atoms with Gasteiger partial charge in [-0.05, 0) is 17.9 Å². The number of rotatable bonds is 9. The van der Waals surface area contributed by atoms with E-state index in [-0.39, 0.29) is 66.4 Å². The number of Topliss-reactive ketones (excluding diaryl/α,β-unsaturated/α-hetero) is 1. The molecule has 7 rings (SSSR count). The molecule has 3 heterocycles. The van der Waals surface area contributed by atoms with Crippen LogP contribution in [0.15, 0.2) is 24.4 Å². The van der Waals surface area contributed by atoms with Crippen molar-refractivity contribution in [3.05, 3.63) is 73.6 Å². The zero-order valence-electron chi connectivity index (χ0n) is 31.9. The first-order valence-corrected chi connectivity index (χ1v) is 18.5. The summed E-state index contributed by atoms with van der Waals surface area (Å²) in [5, 5.41) is 77.7. The van der Waals surface area contributed by atoms with Crippen LogP contribution in [0.1, 0.15) is 74.5 Å². The van der Waals surface area contributed by atoms with E-state index in [0.717, 1.165) is 0 Å². The summed E-state index contributed by atoms with van der Waals surface area (Å²) in [5.74, 6) is -4.64. The van der Waals surface area contributed by atoms with Crippen LogP contribution in [0.25, 0.3) is 0 Å². The molecule has 0 saturated carbocycles. The summed E-state index contributed by atoms with van der Waals surface area (Å²) in [6, 6.07) is 4.61. The minimum Gasteiger partial charge on any atom is -0.507 e. The highest BCUT2D eigenvalue weighted by molar-refractivity contribution is 6.31. The number of carbonyl (C=O) groups excluding carboxylic acids is 4. The molecule has 2 aliphatic carbocycles. The number of nitro groups is 1. The number of aromatic nitrogens is 2. The van der Waals surface area contributed by atoms with Crippen molar-refractivity contribution in [3.8, 4) is 23.3 Å². The summed E-state index contributed by atoms with van der Waals surface area (Å²) < 4.78 is 24.2. The van der Waals surface area contributed by atoms with Crippen LogP contribution in [0, 0.1) is 21.4 Å². The van der Waals surface area contributed by atoms with Gasteiger partial charge in [-0.1, -0.05) is 17.1 Å². The molecular weight excluding hydrogens is 780 g/mol. The molecule has 2 aromatic carbocycles. The molecule has 21 heteroatoms. The van der Waals surface area contributed by atoms with E-state index in [1.54, 1.807) is 11.8 Å². The maximum atomic E-state index is 14.0. The van der Waals surface area contributed by atoms with Crippen LogP contribution in [-0.4, -0.2) is 143 Å². The maximum absolute atomic E-state index is 14.0. The molecule has 4 aliphatic rings. The van der Waals surface area contributed by atoms with Crippen molar-refractivity contribution >= 4 is 29.4 Å². The third kappa shape index (κ3) is 6.92. The molecule has 0 radical (unpaired) electrons. The fraction of sp³-hybridized carbons (Fsp3) is 0.474. The molecule has 2 unspecified atom stereocenters. The number of ketones is 3. The Morgan fingerprint density at radius 2 is 1.88 bits per heavy atom. The Hall–Kier alpha value is -6.02. The fourth-order valence-electron chi connectivity index (χ4n) is 8.46. The number of aliphatic hydroxyl groups is 3. The van der Waals surface area contributed by atoms with Gasteiger partial charge in [-0.2, -0.15) is 5.26 Å². The number of methoxy groups -OCH3 is 1. The van der Waals surface area contributed by atoms with Gasteiger partial charge in [-0.3, -0.25) is 19.3 Å². The summed E-state index contributed by atoms with van der Waals surface area (Å²) in [7, 11) is 2.69. The normalized spacial score (nSPS) is 26.6. The van der Waals surface area contributed by atoms with Crippen molar-refractivity contribution < 1.29 is 68.6 Å². The summed E-state index contributed by atoms with van der Waals surface area (Å²) in [4.78, 5) is 71.0. The second-order valence-corrected chi connectivity index (χ2v) is 14.8. The largest absolute Gasteiger partial charge is 0.507 e. The lowest BCUT2D eigenvalue weighted by Crippen LogP contribution is -2.63. The minimum atomic E-state index is -2.38. The van der Waals surface area contributed by atoms with Crippen molar-refractivity contribution in [3.63, 3.8) is 0 Å². The van der Waals surface area contributed by atoms with E-state index in [9.17, 15) is 60.1 Å². The van der Waals surface area contributed by atoms with Crippen LogP contribution in [0.4, 0.5) is 10.7 Å². The number of hydrogen-bond acceptors (Lipinski definition) is 18. The third-order valence-corrected chi connectivity index (χ3v) is 11.6. The predicted molar refractivity (Wildman–Crippen MR) is 195 cm³/mol. The highest BCUT2D eigenvalue weighted by Crippen LogP contribution is 2.52. The average molecular weight is 821 g/mol. The topological polar surface area (TPSA) is 298 Å². The van der Waals surface area contributed by atoms with Crippen molar-refractivity contribution in [1.29, 1.82) is 5.26 Å². The lowest BCUT2D eigenvalue weighted by atomic mass is 9.72. The first-order chi connectivity index (χ1) is 28.0. The van der Waals surface area contributed by atoms with Crippen molar-refractivity contribution in [2.75, 3.05) is 33.4 Å². The lowest BCUT2D eigenvalue weighted by molar-refractivity contribution is -0.396. The Balaban J connectivity index is 1.15. The quantitative estimate of drug-likeness (QED) is 0.0874. The molecule has 21 nitrogen and oxygen atoms in total. The second-order valence-electron chi connectivity index (χ2n) is 14.8. The van der Waals surface area contributed by atoms with Gasteiger partial charge in [-0.25, -0.2) is 9.36 Å².